The largest absolute Gasteiger partial charge is 0.392 e. The first-order chi connectivity index (χ1) is 7.81. The van der Waals surface area contributed by atoms with Crippen molar-refractivity contribution in [2.24, 2.45) is 0 Å². The monoisotopic (exact) mass is 215 g/mol. The molecule has 2 aromatic rings. The molecule has 0 fully saturated rings. The van der Waals surface area contributed by atoms with E-state index in [2.05, 4.69) is 4.98 Å². The molecule has 1 heterocycles. The minimum Gasteiger partial charge on any atom is -0.392 e. The van der Waals surface area contributed by atoms with Crippen LogP contribution < -0.4 is 0 Å². The molecule has 0 bridgehead atoms. The first kappa shape index (κ1) is 10.8. The van der Waals surface area contributed by atoms with Crippen LogP contribution in [-0.4, -0.2) is 15.2 Å². The van der Waals surface area contributed by atoms with E-state index in [9.17, 15) is 5.11 Å². The summed E-state index contributed by atoms with van der Waals surface area (Å²) in [5.74, 6) is 0. The Morgan fingerprint density at radius 1 is 1.06 bits per heavy atom. The highest BCUT2D eigenvalue weighted by molar-refractivity contribution is 5.30. The van der Waals surface area contributed by atoms with Gasteiger partial charge >= 0.3 is 0 Å². The van der Waals surface area contributed by atoms with Gasteiger partial charge in [0.2, 0.25) is 0 Å². The van der Waals surface area contributed by atoms with Crippen LogP contribution in [0.3, 0.4) is 0 Å². The third-order valence-electron chi connectivity index (χ3n) is 2.48. The van der Waals surface area contributed by atoms with Crippen molar-refractivity contribution < 1.29 is 10.2 Å². The lowest BCUT2D eigenvalue weighted by atomic mass is 10.0. The van der Waals surface area contributed by atoms with E-state index in [1.54, 1.807) is 30.6 Å². The molecule has 1 aromatic carbocycles. The van der Waals surface area contributed by atoms with Crippen molar-refractivity contribution in [3.63, 3.8) is 0 Å². The van der Waals surface area contributed by atoms with Crippen molar-refractivity contribution >= 4 is 0 Å². The van der Waals surface area contributed by atoms with Gasteiger partial charge in [0.05, 0.1) is 6.61 Å². The lowest BCUT2D eigenvalue weighted by Crippen LogP contribution is -2.00. The predicted octanol–water partition coefficient (Wildman–Crippen LogP) is 1.66. The molecule has 0 spiro atoms. The average molecular weight is 215 g/mol. The number of pyridine rings is 1. The van der Waals surface area contributed by atoms with E-state index in [4.69, 9.17) is 5.11 Å². The number of aromatic nitrogens is 1. The van der Waals surface area contributed by atoms with Crippen molar-refractivity contribution in [1.82, 2.24) is 4.98 Å². The fourth-order valence-electron chi connectivity index (χ4n) is 1.54. The minimum absolute atomic E-state index is 0.0171. The molecule has 16 heavy (non-hydrogen) atoms. The summed E-state index contributed by atoms with van der Waals surface area (Å²) < 4.78 is 0. The highest BCUT2D eigenvalue weighted by atomic mass is 16.3. The smallest absolute Gasteiger partial charge is 0.106 e. The second-order valence-electron chi connectivity index (χ2n) is 3.59. The molecule has 3 nitrogen and oxygen atoms in total. The van der Waals surface area contributed by atoms with Crippen molar-refractivity contribution in [1.29, 1.82) is 0 Å². The van der Waals surface area contributed by atoms with Crippen LogP contribution in [0.5, 0.6) is 0 Å². The van der Waals surface area contributed by atoms with Gasteiger partial charge in [-0.25, -0.2) is 0 Å². The summed E-state index contributed by atoms with van der Waals surface area (Å²) in [6.07, 6.45) is 2.65. The molecule has 1 atom stereocenters. The summed E-state index contributed by atoms with van der Waals surface area (Å²) in [6.45, 7) is 0.0171. The van der Waals surface area contributed by atoms with Gasteiger partial charge in [0, 0.05) is 18.0 Å². The third kappa shape index (κ3) is 2.27. The topological polar surface area (TPSA) is 53.4 Å². The van der Waals surface area contributed by atoms with Crippen LogP contribution >= 0.6 is 0 Å². The maximum atomic E-state index is 10.1. The van der Waals surface area contributed by atoms with Crippen LogP contribution in [0.2, 0.25) is 0 Å². The van der Waals surface area contributed by atoms with E-state index in [-0.39, 0.29) is 6.61 Å². The molecule has 0 radical (unpaired) electrons. The lowest BCUT2D eigenvalue weighted by molar-refractivity contribution is 0.219. The number of aliphatic hydroxyl groups is 2. The number of hydrogen-bond acceptors (Lipinski definition) is 3. The number of nitrogens with zero attached hydrogens (tertiary/aromatic N) is 1. The molecule has 0 saturated carbocycles. The number of rotatable bonds is 3. The standard InChI is InChI=1S/C13H13NO2/c15-9-10-3-5-11(6-4-10)13(16)12-2-1-7-14-8-12/h1-8,13,15-16H,9H2. The second kappa shape index (κ2) is 4.88. The van der Waals surface area contributed by atoms with Crippen molar-refractivity contribution in [2.45, 2.75) is 12.7 Å². The van der Waals surface area contributed by atoms with Crippen LogP contribution in [0.15, 0.2) is 48.8 Å². The summed E-state index contributed by atoms with van der Waals surface area (Å²) >= 11 is 0. The number of hydrogen-bond donors (Lipinski definition) is 2. The van der Waals surface area contributed by atoms with E-state index in [0.29, 0.717) is 0 Å². The van der Waals surface area contributed by atoms with Crippen LogP contribution in [-0.2, 0) is 6.61 Å². The minimum atomic E-state index is -0.665. The van der Waals surface area contributed by atoms with Gasteiger partial charge < -0.3 is 10.2 Å². The SMILES string of the molecule is OCc1ccc(C(O)c2cccnc2)cc1. The molecule has 0 aliphatic rings. The molecule has 0 aliphatic heterocycles. The summed E-state index contributed by atoms with van der Waals surface area (Å²) in [4.78, 5) is 3.96. The Hall–Kier alpha value is -1.71. The van der Waals surface area contributed by atoms with E-state index < -0.39 is 6.10 Å². The average Bonchev–Trinajstić information content (AvgIpc) is 2.39. The van der Waals surface area contributed by atoms with Gasteiger partial charge in [0.15, 0.2) is 0 Å². The van der Waals surface area contributed by atoms with Gasteiger partial charge in [-0.1, -0.05) is 30.3 Å². The van der Waals surface area contributed by atoms with Gasteiger partial charge in [0.25, 0.3) is 0 Å². The zero-order valence-corrected chi connectivity index (χ0v) is 8.74. The quantitative estimate of drug-likeness (QED) is 0.818. The summed E-state index contributed by atoms with van der Waals surface area (Å²) in [5.41, 5.74) is 2.39. The van der Waals surface area contributed by atoms with Crippen molar-refractivity contribution in [2.75, 3.05) is 0 Å². The highest BCUT2D eigenvalue weighted by Crippen LogP contribution is 2.21. The Labute approximate surface area is 94.0 Å². The molecule has 1 unspecified atom stereocenters. The molecule has 3 heteroatoms. The van der Waals surface area contributed by atoms with Crippen molar-refractivity contribution in [3.8, 4) is 0 Å². The Morgan fingerprint density at radius 3 is 2.38 bits per heavy atom. The second-order valence-corrected chi connectivity index (χ2v) is 3.59. The molecule has 0 amide bonds. The van der Waals surface area contributed by atoms with Gasteiger partial charge in [-0.05, 0) is 17.2 Å². The molecule has 0 saturated heterocycles. The van der Waals surface area contributed by atoms with E-state index in [1.807, 2.05) is 18.2 Å². The zero-order chi connectivity index (χ0) is 11.4. The summed E-state index contributed by atoms with van der Waals surface area (Å²) in [6, 6.07) is 10.8. The first-order valence-electron chi connectivity index (χ1n) is 5.09. The molecular weight excluding hydrogens is 202 g/mol. The fraction of sp³-hybridized carbons (Fsp3) is 0.154. The van der Waals surface area contributed by atoms with E-state index >= 15 is 0 Å². The van der Waals surface area contributed by atoms with E-state index in [1.165, 1.54) is 0 Å². The Morgan fingerprint density at radius 2 is 1.81 bits per heavy atom. The maximum absolute atomic E-state index is 10.1. The third-order valence-corrected chi connectivity index (χ3v) is 2.48. The van der Waals surface area contributed by atoms with E-state index in [0.717, 1.165) is 16.7 Å². The molecule has 82 valence electrons. The molecule has 2 rings (SSSR count). The number of benzene rings is 1. The summed E-state index contributed by atoms with van der Waals surface area (Å²) in [7, 11) is 0. The van der Waals surface area contributed by atoms with Gasteiger partial charge in [0.1, 0.15) is 6.10 Å². The number of aliphatic hydroxyl groups excluding tert-OH is 2. The Bertz CT molecular complexity index is 439. The van der Waals surface area contributed by atoms with Gasteiger partial charge in [-0.15, -0.1) is 0 Å². The summed E-state index contributed by atoms with van der Waals surface area (Å²) in [5, 5.41) is 19.0. The highest BCUT2D eigenvalue weighted by Gasteiger charge is 2.09. The lowest BCUT2D eigenvalue weighted by Gasteiger charge is -2.11. The van der Waals surface area contributed by atoms with Gasteiger partial charge in [-0.3, -0.25) is 4.98 Å². The fourth-order valence-corrected chi connectivity index (χ4v) is 1.54. The first-order valence-corrected chi connectivity index (χ1v) is 5.09. The molecule has 2 N–H and O–H groups in total. The van der Waals surface area contributed by atoms with Crippen LogP contribution in [0.4, 0.5) is 0 Å². The molecule has 0 aliphatic carbocycles. The van der Waals surface area contributed by atoms with Crippen LogP contribution in [0.1, 0.15) is 22.8 Å². The molecular formula is C13H13NO2. The Kier molecular flexibility index (Phi) is 3.29. The van der Waals surface area contributed by atoms with Crippen molar-refractivity contribution in [3.05, 3.63) is 65.5 Å². The maximum Gasteiger partial charge on any atom is 0.106 e. The normalized spacial score (nSPS) is 12.4. The van der Waals surface area contributed by atoms with Crippen LogP contribution in [0.25, 0.3) is 0 Å². The van der Waals surface area contributed by atoms with Crippen LogP contribution in [0, 0.1) is 0 Å². The Balaban J connectivity index is 2.24. The predicted molar refractivity (Wildman–Crippen MR) is 60.7 cm³/mol. The molecule has 1 aromatic heterocycles. The zero-order valence-electron chi connectivity index (χ0n) is 8.74. The van der Waals surface area contributed by atoms with Gasteiger partial charge in [-0.2, -0.15) is 0 Å².